The van der Waals surface area contributed by atoms with Crippen LogP contribution in [0.4, 0.5) is 11.5 Å². The Morgan fingerprint density at radius 3 is 2.42 bits per heavy atom. The van der Waals surface area contributed by atoms with Gasteiger partial charge in [-0.25, -0.2) is 4.98 Å². The van der Waals surface area contributed by atoms with E-state index in [4.69, 9.17) is 4.74 Å². The highest BCUT2D eigenvalue weighted by Gasteiger charge is 2.28. The smallest absolute Gasteiger partial charge is 0.229 e. The fourth-order valence-corrected chi connectivity index (χ4v) is 3.32. The van der Waals surface area contributed by atoms with Gasteiger partial charge in [0.1, 0.15) is 5.82 Å². The first-order chi connectivity index (χ1) is 12.4. The van der Waals surface area contributed by atoms with E-state index in [2.05, 4.69) is 15.2 Å². The minimum Gasteiger partial charge on any atom is -0.372 e. The maximum atomic E-state index is 12.0. The molecule has 2 fully saturated rings. The normalized spacial score (nSPS) is 23.5. The molecule has 3 heterocycles. The molecule has 0 bridgehead atoms. The van der Waals surface area contributed by atoms with E-state index in [0.29, 0.717) is 5.69 Å². The molecular formula is C18H24N4O4. The van der Waals surface area contributed by atoms with Crippen LogP contribution in [0.1, 0.15) is 33.1 Å². The summed E-state index contributed by atoms with van der Waals surface area (Å²) >= 11 is 0. The first-order valence-corrected chi connectivity index (χ1v) is 8.92. The Hall–Kier alpha value is -2.48. The van der Waals surface area contributed by atoms with Crippen molar-refractivity contribution in [3.63, 3.8) is 0 Å². The van der Waals surface area contributed by atoms with Crippen molar-refractivity contribution in [2.45, 2.75) is 45.3 Å². The molecule has 140 valence electrons. The highest BCUT2D eigenvalue weighted by atomic mass is 16.5. The summed E-state index contributed by atoms with van der Waals surface area (Å²) in [6, 6.07) is 3.67. The summed E-state index contributed by atoms with van der Waals surface area (Å²) in [5.74, 6) is 0.185. The Bertz CT molecular complexity index is 665. The van der Waals surface area contributed by atoms with E-state index in [1.54, 1.807) is 12.3 Å². The van der Waals surface area contributed by atoms with Crippen LogP contribution in [0.5, 0.6) is 0 Å². The van der Waals surface area contributed by atoms with Gasteiger partial charge in [0.25, 0.3) is 0 Å². The molecule has 8 nitrogen and oxygen atoms in total. The van der Waals surface area contributed by atoms with Crippen LogP contribution < -0.4 is 10.2 Å². The Balaban J connectivity index is 1.51. The molecule has 3 rings (SSSR count). The van der Waals surface area contributed by atoms with Crippen molar-refractivity contribution < 1.29 is 19.1 Å². The number of hydrogen-bond acceptors (Lipinski definition) is 6. The number of nitrogens with one attached hydrogen (secondary N) is 1. The van der Waals surface area contributed by atoms with E-state index < -0.39 is 0 Å². The van der Waals surface area contributed by atoms with Gasteiger partial charge in [0.15, 0.2) is 0 Å². The Labute approximate surface area is 152 Å². The fourth-order valence-electron chi connectivity index (χ4n) is 3.32. The number of ether oxygens (including phenoxy) is 1. The SMILES string of the molecule is CC1CN(c2ccc(NC(=O)CCN3C(=O)CCC3=O)cn2)CC(C)O1. The first kappa shape index (κ1) is 18.3. The van der Waals surface area contributed by atoms with Crippen molar-refractivity contribution in [3.8, 4) is 0 Å². The summed E-state index contributed by atoms with van der Waals surface area (Å²) in [6.45, 7) is 5.75. The molecule has 1 aromatic rings. The van der Waals surface area contributed by atoms with Crippen LogP contribution in [0.25, 0.3) is 0 Å². The Kier molecular flexibility index (Phi) is 5.51. The molecule has 26 heavy (non-hydrogen) atoms. The van der Waals surface area contributed by atoms with Gasteiger partial charge in [0, 0.05) is 38.9 Å². The zero-order valence-electron chi connectivity index (χ0n) is 15.1. The minimum absolute atomic E-state index is 0.0811. The number of anilines is 2. The molecule has 0 saturated carbocycles. The zero-order valence-corrected chi connectivity index (χ0v) is 15.1. The van der Waals surface area contributed by atoms with Gasteiger partial charge in [-0.1, -0.05) is 0 Å². The van der Waals surface area contributed by atoms with Gasteiger partial charge >= 0.3 is 0 Å². The molecule has 0 radical (unpaired) electrons. The van der Waals surface area contributed by atoms with Crippen molar-refractivity contribution >= 4 is 29.2 Å². The van der Waals surface area contributed by atoms with Crippen molar-refractivity contribution in [1.29, 1.82) is 0 Å². The van der Waals surface area contributed by atoms with Gasteiger partial charge in [0.05, 0.1) is 24.1 Å². The zero-order chi connectivity index (χ0) is 18.7. The summed E-state index contributed by atoms with van der Waals surface area (Å²) < 4.78 is 5.72. The molecule has 3 amide bonds. The molecule has 0 spiro atoms. The fraction of sp³-hybridized carbons (Fsp3) is 0.556. The van der Waals surface area contributed by atoms with E-state index in [0.717, 1.165) is 23.8 Å². The van der Waals surface area contributed by atoms with Crippen molar-refractivity contribution in [1.82, 2.24) is 9.88 Å². The quantitative estimate of drug-likeness (QED) is 0.793. The molecule has 8 heteroatoms. The Morgan fingerprint density at radius 1 is 1.19 bits per heavy atom. The second-order valence-electron chi connectivity index (χ2n) is 6.80. The van der Waals surface area contributed by atoms with Crippen molar-refractivity contribution in [2.24, 2.45) is 0 Å². The molecule has 0 aromatic carbocycles. The largest absolute Gasteiger partial charge is 0.372 e. The molecule has 2 aliphatic heterocycles. The second kappa shape index (κ2) is 7.82. The summed E-state index contributed by atoms with van der Waals surface area (Å²) in [4.78, 5) is 42.9. The van der Waals surface area contributed by atoms with Crippen LogP contribution in [-0.4, -0.2) is 59.4 Å². The average molecular weight is 360 g/mol. The standard InChI is InChI=1S/C18H24N4O4/c1-12-10-21(11-13(2)26-12)15-4-3-14(9-19-15)20-16(23)7-8-22-17(24)5-6-18(22)25/h3-4,9,12-13H,5-8,10-11H2,1-2H3,(H,20,23). The van der Waals surface area contributed by atoms with Crippen LogP contribution in [-0.2, 0) is 19.1 Å². The number of nitrogens with zero attached hydrogens (tertiary/aromatic N) is 3. The number of carbonyl (C=O) groups excluding carboxylic acids is 3. The van der Waals surface area contributed by atoms with Gasteiger partial charge in [0.2, 0.25) is 17.7 Å². The third-order valence-electron chi connectivity index (χ3n) is 4.49. The number of pyridine rings is 1. The molecule has 2 atom stereocenters. The first-order valence-electron chi connectivity index (χ1n) is 8.92. The summed E-state index contributed by atoms with van der Waals surface area (Å²) in [5, 5.41) is 2.75. The second-order valence-corrected chi connectivity index (χ2v) is 6.80. The number of rotatable bonds is 5. The van der Waals surface area contributed by atoms with E-state index in [-0.39, 0.29) is 55.7 Å². The van der Waals surface area contributed by atoms with Gasteiger partial charge in [-0.2, -0.15) is 0 Å². The minimum atomic E-state index is -0.249. The molecule has 2 aliphatic rings. The van der Waals surface area contributed by atoms with E-state index >= 15 is 0 Å². The number of morpholine rings is 1. The molecule has 1 aromatic heterocycles. The summed E-state index contributed by atoms with van der Waals surface area (Å²) in [7, 11) is 0. The Morgan fingerprint density at radius 2 is 1.85 bits per heavy atom. The van der Waals surface area contributed by atoms with Crippen molar-refractivity contribution in [3.05, 3.63) is 18.3 Å². The third-order valence-corrected chi connectivity index (χ3v) is 4.49. The third kappa shape index (κ3) is 4.37. The lowest BCUT2D eigenvalue weighted by Crippen LogP contribution is -2.45. The highest BCUT2D eigenvalue weighted by Crippen LogP contribution is 2.20. The van der Waals surface area contributed by atoms with Crippen molar-refractivity contribution in [2.75, 3.05) is 29.9 Å². The lowest BCUT2D eigenvalue weighted by atomic mass is 10.2. The number of carbonyl (C=O) groups is 3. The van der Waals surface area contributed by atoms with E-state index in [1.807, 2.05) is 19.9 Å². The van der Waals surface area contributed by atoms with Crippen LogP contribution >= 0.6 is 0 Å². The van der Waals surface area contributed by atoms with Gasteiger partial charge in [-0.15, -0.1) is 0 Å². The summed E-state index contributed by atoms with van der Waals surface area (Å²) in [6.07, 6.45) is 2.48. The van der Waals surface area contributed by atoms with E-state index in [1.165, 1.54) is 0 Å². The maximum absolute atomic E-state index is 12.0. The number of hydrogen-bond donors (Lipinski definition) is 1. The van der Waals surface area contributed by atoms with Gasteiger partial charge in [-0.3, -0.25) is 19.3 Å². The van der Waals surface area contributed by atoms with E-state index in [9.17, 15) is 14.4 Å². The molecular weight excluding hydrogens is 336 g/mol. The van der Waals surface area contributed by atoms with Crippen LogP contribution in [0, 0.1) is 0 Å². The lowest BCUT2D eigenvalue weighted by molar-refractivity contribution is -0.138. The topological polar surface area (TPSA) is 91.8 Å². The average Bonchev–Trinajstić information content (AvgIpc) is 2.91. The molecule has 2 saturated heterocycles. The van der Waals surface area contributed by atoms with Gasteiger partial charge in [-0.05, 0) is 26.0 Å². The predicted molar refractivity (Wildman–Crippen MR) is 95.7 cm³/mol. The monoisotopic (exact) mass is 360 g/mol. The molecule has 0 aliphatic carbocycles. The number of amides is 3. The molecule has 2 unspecified atom stereocenters. The summed E-state index contributed by atoms with van der Waals surface area (Å²) in [5.41, 5.74) is 0.590. The van der Waals surface area contributed by atoms with Crippen LogP contribution in [0.2, 0.25) is 0 Å². The van der Waals surface area contributed by atoms with Crippen LogP contribution in [0.15, 0.2) is 18.3 Å². The maximum Gasteiger partial charge on any atom is 0.229 e. The molecule has 1 N–H and O–H groups in total. The van der Waals surface area contributed by atoms with Crippen LogP contribution in [0.3, 0.4) is 0 Å². The van der Waals surface area contributed by atoms with Gasteiger partial charge < -0.3 is 15.0 Å². The number of aromatic nitrogens is 1. The highest BCUT2D eigenvalue weighted by molar-refractivity contribution is 6.02. The number of likely N-dealkylation sites (tertiary alicyclic amines) is 1. The predicted octanol–water partition coefficient (Wildman–Crippen LogP) is 1.17. The number of imide groups is 1. The lowest BCUT2D eigenvalue weighted by Gasteiger charge is -2.36.